The second-order valence-electron chi connectivity index (χ2n) is 2.51. The Labute approximate surface area is 72.0 Å². The maximum atomic E-state index is 5.65. The minimum atomic E-state index is 0.675. The fraction of sp³-hybridized carbons (Fsp3) is 0.375. The number of nitrogens with zero attached hydrogens (tertiary/aromatic N) is 1. The van der Waals surface area contributed by atoms with Gasteiger partial charge in [0.25, 0.3) is 0 Å². The molecular formula is C8H14N4. The molecule has 0 fully saturated rings. The average molecular weight is 166 g/mol. The molecule has 0 saturated heterocycles. The van der Waals surface area contributed by atoms with Crippen LogP contribution in [-0.4, -0.2) is 18.1 Å². The molecule has 12 heavy (non-hydrogen) atoms. The number of nitrogen functional groups attached to an aromatic ring is 1. The first kappa shape index (κ1) is 8.80. The number of nitrogens with one attached hydrogen (secondary N) is 1. The quantitative estimate of drug-likeness (QED) is 0.567. The van der Waals surface area contributed by atoms with E-state index in [2.05, 4.69) is 10.3 Å². The van der Waals surface area contributed by atoms with Gasteiger partial charge < -0.3 is 16.8 Å². The molecule has 0 aliphatic carbocycles. The van der Waals surface area contributed by atoms with E-state index in [1.807, 2.05) is 12.1 Å². The highest BCUT2D eigenvalue weighted by molar-refractivity contribution is 5.60. The van der Waals surface area contributed by atoms with Crippen LogP contribution < -0.4 is 16.8 Å². The van der Waals surface area contributed by atoms with Crippen LogP contribution in [0.1, 0.15) is 6.42 Å². The second kappa shape index (κ2) is 4.56. The van der Waals surface area contributed by atoms with E-state index in [9.17, 15) is 0 Å². The monoisotopic (exact) mass is 166 g/mol. The molecule has 0 spiro atoms. The van der Waals surface area contributed by atoms with E-state index < -0.39 is 0 Å². The van der Waals surface area contributed by atoms with E-state index in [4.69, 9.17) is 11.5 Å². The standard InChI is InChI=1S/C8H14N4/c9-4-2-6-12-8-7(10)3-1-5-11-8/h1,3,5H,2,4,6,9-10H2,(H,11,12). The Morgan fingerprint density at radius 3 is 3.00 bits per heavy atom. The highest BCUT2D eigenvalue weighted by atomic mass is 15.0. The molecule has 0 aromatic carbocycles. The summed E-state index contributed by atoms with van der Waals surface area (Å²) < 4.78 is 0. The van der Waals surface area contributed by atoms with Gasteiger partial charge in [0.05, 0.1) is 5.69 Å². The Morgan fingerprint density at radius 2 is 2.33 bits per heavy atom. The number of rotatable bonds is 4. The van der Waals surface area contributed by atoms with Crippen LogP contribution in [0.5, 0.6) is 0 Å². The molecule has 0 atom stereocenters. The van der Waals surface area contributed by atoms with Gasteiger partial charge in [0.2, 0.25) is 0 Å². The number of aromatic nitrogens is 1. The second-order valence-corrected chi connectivity index (χ2v) is 2.51. The van der Waals surface area contributed by atoms with Crippen LogP contribution in [0.2, 0.25) is 0 Å². The van der Waals surface area contributed by atoms with Crippen molar-refractivity contribution in [1.29, 1.82) is 0 Å². The SMILES string of the molecule is NCCCNc1ncccc1N. The van der Waals surface area contributed by atoms with Crippen LogP contribution in [0.3, 0.4) is 0 Å². The van der Waals surface area contributed by atoms with Crippen LogP contribution in [0, 0.1) is 0 Å². The van der Waals surface area contributed by atoms with E-state index in [0.29, 0.717) is 12.2 Å². The molecular weight excluding hydrogens is 152 g/mol. The van der Waals surface area contributed by atoms with Crippen LogP contribution in [0.4, 0.5) is 11.5 Å². The van der Waals surface area contributed by atoms with Crippen LogP contribution in [0.25, 0.3) is 0 Å². The summed E-state index contributed by atoms with van der Waals surface area (Å²) in [6, 6.07) is 3.63. The molecule has 0 radical (unpaired) electrons. The third kappa shape index (κ3) is 2.39. The normalized spacial score (nSPS) is 9.75. The summed E-state index contributed by atoms with van der Waals surface area (Å²) in [4.78, 5) is 4.07. The van der Waals surface area contributed by atoms with Gasteiger partial charge in [-0.25, -0.2) is 4.98 Å². The van der Waals surface area contributed by atoms with E-state index in [-0.39, 0.29) is 0 Å². The Kier molecular flexibility index (Phi) is 3.35. The molecule has 0 aliphatic rings. The van der Waals surface area contributed by atoms with Crippen LogP contribution in [-0.2, 0) is 0 Å². The maximum absolute atomic E-state index is 5.65. The smallest absolute Gasteiger partial charge is 0.149 e. The molecule has 1 heterocycles. The van der Waals surface area contributed by atoms with Crippen molar-refractivity contribution in [2.45, 2.75) is 6.42 Å². The van der Waals surface area contributed by atoms with Gasteiger partial charge >= 0.3 is 0 Å². The Balaban J connectivity index is 2.46. The summed E-state index contributed by atoms with van der Waals surface area (Å²) in [5.74, 6) is 0.742. The highest BCUT2D eigenvalue weighted by Crippen LogP contribution is 2.11. The number of anilines is 2. The molecule has 1 aromatic rings. The molecule has 0 aliphatic heterocycles. The van der Waals surface area contributed by atoms with Gasteiger partial charge in [-0.2, -0.15) is 0 Å². The zero-order chi connectivity index (χ0) is 8.81. The first-order valence-corrected chi connectivity index (χ1v) is 3.99. The molecule has 1 aromatic heterocycles. The number of hydrogen-bond donors (Lipinski definition) is 3. The lowest BCUT2D eigenvalue weighted by molar-refractivity contribution is 0.870. The Morgan fingerprint density at radius 1 is 1.50 bits per heavy atom. The lowest BCUT2D eigenvalue weighted by Crippen LogP contribution is -2.10. The minimum Gasteiger partial charge on any atom is -0.396 e. The summed E-state index contributed by atoms with van der Waals surface area (Å²) in [6.07, 6.45) is 2.64. The van der Waals surface area contributed by atoms with Gasteiger partial charge in [-0.05, 0) is 25.1 Å². The number of nitrogens with two attached hydrogens (primary N) is 2. The van der Waals surface area contributed by atoms with Crippen molar-refractivity contribution in [1.82, 2.24) is 4.98 Å². The minimum absolute atomic E-state index is 0.675. The van der Waals surface area contributed by atoms with Gasteiger partial charge in [0.15, 0.2) is 0 Å². The maximum Gasteiger partial charge on any atom is 0.149 e. The topological polar surface area (TPSA) is 77.0 Å². The molecule has 0 saturated carbocycles. The third-order valence-corrected chi connectivity index (χ3v) is 1.51. The lowest BCUT2D eigenvalue weighted by Gasteiger charge is -2.05. The van der Waals surface area contributed by atoms with E-state index in [1.54, 1.807) is 6.20 Å². The largest absolute Gasteiger partial charge is 0.396 e. The number of hydrogen-bond acceptors (Lipinski definition) is 4. The molecule has 5 N–H and O–H groups in total. The van der Waals surface area contributed by atoms with Gasteiger partial charge in [0.1, 0.15) is 5.82 Å². The number of pyridine rings is 1. The Bertz CT molecular complexity index is 236. The predicted molar refractivity (Wildman–Crippen MR) is 50.8 cm³/mol. The summed E-state index contributed by atoms with van der Waals surface area (Å²) in [7, 11) is 0. The fourth-order valence-electron chi connectivity index (χ4n) is 0.874. The third-order valence-electron chi connectivity index (χ3n) is 1.51. The molecule has 1 rings (SSSR count). The first-order chi connectivity index (χ1) is 5.84. The summed E-state index contributed by atoms with van der Waals surface area (Å²) in [6.45, 7) is 1.50. The molecule has 0 bridgehead atoms. The first-order valence-electron chi connectivity index (χ1n) is 3.99. The molecule has 0 amide bonds. The Hall–Kier alpha value is -1.29. The zero-order valence-corrected chi connectivity index (χ0v) is 6.96. The lowest BCUT2D eigenvalue weighted by atomic mass is 10.3. The summed E-state index contributed by atoms with van der Waals surface area (Å²) in [5, 5.41) is 3.10. The van der Waals surface area contributed by atoms with E-state index >= 15 is 0 Å². The van der Waals surface area contributed by atoms with Crippen molar-refractivity contribution >= 4 is 11.5 Å². The van der Waals surface area contributed by atoms with Gasteiger partial charge in [-0.3, -0.25) is 0 Å². The molecule has 4 nitrogen and oxygen atoms in total. The van der Waals surface area contributed by atoms with Crippen LogP contribution >= 0.6 is 0 Å². The van der Waals surface area contributed by atoms with Crippen molar-refractivity contribution in [3.05, 3.63) is 18.3 Å². The average Bonchev–Trinajstić information content (AvgIpc) is 2.09. The zero-order valence-electron chi connectivity index (χ0n) is 6.96. The van der Waals surface area contributed by atoms with Crippen molar-refractivity contribution in [2.24, 2.45) is 5.73 Å². The summed E-state index contributed by atoms with van der Waals surface area (Å²) >= 11 is 0. The van der Waals surface area contributed by atoms with Gasteiger partial charge in [-0.1, -0.05) is 0 Å². The van der Waals surface area contributed by atoms with Crippen molar-refractivity contribution < 1.29 is 0 Å². The van der Waals surface area contributed by atoms with Gasteiger partial charge in [0, 0.05) is 12.7 Å². The summed E-state index contributed by atoms with van der Waals surface area (Å²) in [5.41, 5.74) is 11.7. The highest BCUT2D eigenvalue weighted by Gasteiger charge is 1.95. The van der Waals surface area contributed by atoms with Crippen molar-refractivity contribution in [3.63, 3.8) is 0 Å². The predicted octanol–water partition coefficient (Wildman–Crippen LogP) is 0.424. The molecule has 4 heteroatoms. The fourth-order valence-corrected chi connectivity index (χ4v) is 0.874. The van der Waals surface area contributed by atoms with E-state index in [0.717, 1.165) is 18.8 Å². The van der Waals surface area contributed by atoms with Crippen molar-refractivity contribution in [3.8, 4) is 0 Å². The molecule has 0 unspecified atom stereocenters. The van der Waals surface area contributed by atoms with Crippen LogP contribution in [0.15, 0.2) is 18.3 Å². The molecule has 66 valence electrons. The van der Waals surface area contributed by atoms with Gasteiger partial charge in [-0.15, -0.1) is 0 Å². The van der Waals surface area contributed by atoms with Crippen molar-refractivity contribution in [2.75, 3.05) is 24.1 Å². The van der Waals surface area contributed by atoms with E-state index in [1.165, 1.54) is 0 Å².